The van der Waals surface area contributed by atoms with Crippen molar-refractivity contribution in [3.8, 4) is 0 Å². The summed E-state index contributed by atoms with van der Waals surface area (Å²) < 4.78 is 0. The zero-order valence-corrected chi connectivity index (χ0v) is 11.9. The van der Waals surface area contributed by atoms with E-state index in [0.29, 0.717) is 34.5 Å². The minimum absolute atomic E-state index is 0.334. The van der Waals surface area contributed by atoms with Gasteiger partial charge in [0.1, 0.15) is 11.5 Å². The number of amides is 1. The van der Waals surface area contributed by atoms with E-state index in [2.05, 4.69) is 25.6 Å². The van der Waals surface area contributed by atoms with E-state index in [9.17, 15) is 4.79 Å². The van der Waals surface area contributed by atoms with Gasteiger partial charge in [0.05, 0.1) is 10.6 Å². The standard InChI is InChI=1S/C13H14ClN5O/c1-3-15-12-11(10(14)4-5-16-12)19-13(20)9-6-17-8(2)18-7-9/h4-7H,3H2,1-2H3,(H,15,16)(H,19,20). The van der Waals surface area contributed by atoms with Gasteiger partial charge in [0, 0.05) is 25.1 Å². The van der Waals surface area contributed by atoms with Crippen LogP contribution in [0, 0.1) is 6.92 Å². The summed E-state index contributed by atoms with van der Waals surface area (Å²) in [7, 11) is 0. The highest BCUT2D eigenvalue weighted by Crippen LogP contribution is 2.28. The number of halogens is 1. The highest BCUT2D eigenvalue weighted by atomic mass is 35.5. The first-order chi connectivity index (χ1) is 9.61. The third kappa shape index (κ3) is 3.21. The van der Waals surface area contributed by atoms with Crippen molar-refractivity contribution in [2.45, 2.75) is 13.8 Å². The zero-order chi connectivity index (χ0) is 14.5. The van der Waals surface area contributed by atoms with Crippen molar-refractivity contribution in [2.24, 2.45) is 0 Å². The average Bonchev–Trinajstić information content (AvgIpc) is 2.43. The normalized spacial score (nSPS) is 10.2. The van der Waals surface area contributed by atoms with Gasteiger partial charge in [-0.1, -0.05) is 11.6 Å². The van der Waals surface area contributed by atoms with Crippen LogP contribution in [0.1, 0.15) is 23.1 Å². The van der Waals surface area contributed by atoms with Gasteiger partial charge >= 0.3 is 0 Å². The molecule has 0 unspecified atom stereocenters. The molecule has 0 aromatic carbocycles. The number of nitrogens with zero attached hydrogens (tertiary/aromatic N) is 3. The molecule has 0 fully saturated rings. The monoisotopic (exact) mass is 291 g/mol. The molecule has 0 aliphatic rings. The Morgan fingerprint density at radius 2 is 2.00 bits per heavy atom. The lowest BCUT2D eigenvalue weighted by atomic mass is 10.3. The highest BCUT2D eigenvalue weighted by Gasteiger charge is 2.13. The van der Waals surface area contributed by atoms with Crippen LogP contribution in [-0.2, 0) is 0 Å². The lowest BCUT2D eigenvalue weighted by Gasteiger charge is -2.12. The van der Waals surface area contributed by atoms with Crippen LogP contribution in [0.3, 0.4) is 0 Å². The lowest BCUT2D eigenvalue weighted by molar-refractivity contribution is 0.102. The summed E-state index contributed by atoms with van der Waals surface area (Å²) in [4.78, 5) is 24.3. The van der Waals surface area contributed by atoms with E-state index in [1.54, 1.807) is 19.2 Å². The number of hydrogen-bond donors (Lipinski definition) is 2. The van der Waals surface area contributed by atoms with Crippen LogP contribution < -0.4 is 10.6 Å². The molecular formula is C13H14ClN5O. The summed E-state index contributed by atoms with van der Waals surface area (Å²) in [6.07, 6.45) is 4.51. The van der Waals surface area contributed by atoms with Gasteiger partial charge in [0.25, 0.3) is 5.91 Å². The average molecular weight is 292 g/mol. The summed E-state index contributed by atoms with van der Waals surface area (Å²) in [5.41, 5.74) is 0.805. The Bertz CT molecular complexity index is 615. The maximum Gasteiger partial charge on any atom is 0.258 e. The van der Waals surface area contributed by atoms with E-state index in [1.807, 2.05) is 6.92 Å². The van der Waals surface area contributed by atoms with Crippen LogP contribution in [0.2, 0.25) is 5.02 Å². The smallest absolute Gasteiger partial charge is 0.258 e. The fourth-order valence-electron chi connectivity index (χ4n) is 1.55. The Morgan fingerprint density at radius 1 is 1.30 bits per heavy atom. The fraction of sp³-hybridized carbons (Fsp3) is 0.231. The second kappa shape index (κ2) is 6.29. The molecule has 2 heterocycles. The topological polar surface area (TPSA) is 79.8 Å². The van der Waals surface area contributed by atoms with Crippen molar-refractivity contribution in [3.05, 3.63) is 41.1 Å². The second-order valence-electron chi connectivity index (χ2n) is 4.02. The Hall–Kier alpha value is -2.21. The number of aromatic nitrogens is 3. The van der Waals surface area contributed by atoms with Gasteiger partial charge in [-0.05, 0) is 19.9 Å². The van der Waals surface area contributed by atoms with Crippen molar-refractivity contribution < 1.29 is 4.79 Å². The van der Waals surface area contributed by atoms with E-state index in [4.69, 9.17) is 11.6 Å². The third-order valence-electron chi connectivity index (χ3n) is 2.53. The molecule has 0 aliphatic heterocycles. The van der Waals surface area contributed by atoms with Gasteiger partial charge in [-0.15, -0.1) is 0 Å². The van der Waals surface area contributed by atoms with Gasteiger partial charge in [-0.25, -0.2) is 15.0 Å². The molecule has 0 spiro atoms. The largest absolute Gasteiger partial charge is 0.369 e. The van der Waals surface area contributed by atoms with E-state index < -0.39 is 0 Å². The first-order valence-electron chi connectivity index (χ1n) is 6.10. The predicted molar refractivity (Wildman–Crippen MR) is 78.1 cm³/mol. The van der Waals surface area contributed by atoms with Gasteiger partial charge in [0.15, 0.2) is 5.82 Å². The Balaban J connectivity index is 2.25. The van der Waals surface area contributed by atoms with Crippen molar-refractivity contribution in [3.63, 3.8) is 0 Å². The van der Waals surface area contributed by atoms with E-state index in [1.165, 1.54) is 12.4 Å². The third-order valence-corrected chi connectivity index (χ3v) is 2.84. The molecule has 7 heteroatoms. The molecular weight excluding hydrogens is 278 g/mol. The number of aryl methyl sites for hydroxylation is 1. The van der Waals surface area contributed by atoms with Crippen molar-refractivity contribution in [1.82, 2.24) is 15.0 Å². The minimum Gasteiger partial charge on any atom is -0.369 e. The quantitative estimate of drug-likeness (QED) is 0.905. The van der Waals surface area contributed by atoms with Crippen molar-refractivity contribution in [2.75, 3.05) is 17.2 Å². The summed E-state index contributed by atoms with van der Waals surface area (Å²) >= 11 is 6.10. The van der Waals surface area contributed by atoms with Crippen molar-refractivity contribution >= 4 is 29.0 Å². The first kappa shape index (κ1) is 14.2. The second-order valence-corrected chi connectivity index (χ2v) is 4.43. The van der Waals surface area contributed by atoms with Gasteiger partial charge < -0.3 is 10.6 Å². The van der Waals surface area contributed by atoms with Gasteiger partial charge in [-0.2, -0.15) is 0 Å². The van der Waals surface area contributed by atoms with Crippen LogP contribution in [-0.4, -0.2) is 27.4 Å². The molecule has 1 amide bonds. The molecule has 0 radical (unpaired) electrons. The van der Waals surface area contributed by atoms with E-state index >= 15 is 0 Å². The molecule has 104 valence electrons. The first-order valence-corrected chi connectivity index (χ1v) is 6.48. The summed E-state index contributed by atoms with van der Waals surface area (Å²) in [5, 5.41) is 6.18. The molecule has 2 rings (SSSR count). The predicted octanol–water partition coefficient (Wildman–Crippen LogP) is 2.52. The maximum absolute atomic E-state index is 12.1. The molecule has 0 bridgehead atoms. The van der Waals surface area contributed by atoms with Gasteiger partial charge in [0.2, 0.25) is 0 Å². The van der Waals surface area contributed by atoms with Gasteiger partial charge in [-0.3, -0.25) is 4.79 Å². The van der Waals surface area contributed by atoms with E-state index in [0.717, 1.165) is 0 Å². The molecule has 2 N–H and O–H groups in total. The molecule has 2 aromatic rings. The molecule has 20 heavy (non-hydrogen) atoms. The number of nitrogens with one attached hydrogen (secondary N) is 2. The molecule has 0 atom stereocenters. The minimum atomic E-state index is -0.334. The zero-order valence-electron chi connectivity index (χ0n) is 11.1. The number of carbonyl (C=O) groups excluding carboxylic acids is 1. The van der Waals surface area contributed by atoms with Crippen LogP contribution in [0.15, 0.2) is 24.7 Å². The van der Waals surface area contributed by atoms with Crippen LogP contribution in [0.5, 0.6) is 0 Å². The Kier molecular flexibility index (Phi) is 4.47. The fourth-order valence-corrected chi connectivity index (χ4v) is 1.75. The summed E-state index contributed by atoms with van der Waals surface area (Å²) in [6, 6.07) is 1.61. The summed E-state index contributed by atoms with van der Waals surface area (Å²) in [6.45, 7) is 4.36. The SMILES string of the molecule is CCNc1nccc(Cl)c1NC(=O)c1cnc(C)nc1. The number of pyridine rings is 1. The molecule has 6 nitrogen and oxygen atoms in total. The lowest BCUT2D eigenvalue weighted by Crippen LogP contribution is -2.15. The van der Waals surface area contributed by atoms with Crippen LogP contribution in [0.4, 0.5) is 11.5 Å². The number of rotatable bonds is 4. The van der Waals surface area contributed by atoms with Crippen LogP contribution >= 0.6 is 11.6 Å². The number of carbonyl (C=O) groups is 1. The van der Waals surface area contributed by atoms with Crippen LogP contribution in [0.25, 0.3) is 0 Å². The maximum atomic E-state index is 12.1. The summed E-state index contributed by atoms with van der Waals surface area (Å²) in [5.74, 6) is 0.801. The molecule has 2 aromatic heterocycles. The Morgan fingerprint density at radius 3 is 2.65 bits per heavy atom. The number of hydrogen-bond acceptors (Lipinski definition) is 5. The van der Waals surface area contributed by atoms with Crippen molar-refractivity contribution in [1.29, 1.82) is 0 Å². The number of anilines is 2. The molecule has 0 saturated heterocycles. The highest BCUT2D eigenvalue weighted by molar-refractivity contribution is 6.34. The molecule has 0 saturated carbocycles. The Labute approximate surface area is 121 Å². The molecule has 0 aliphatic carbocycles. The van der Waals surface area contributed by atoms with E-state index in [-0.39, 0.29) is 5.91 Å².